The highest BCUT2D eigenvalue weighted by Crippen LogP contribution is 2.22. The number of aromatic nitrogens is 1. The maximum absolute atomic E-state index is 12.3. The van der Waals surface area contributed by atoms with Crippen LogP contribution in [0.1, 0.15) is 41.3 Å². The molecule has 1 aromatic heterocycles. The molecule has 2 rings (SSSR count). The van der Waals surface area contributed by atoms with Crippen molar-refractivity contribution in [1.29, 1.82) is 0 Å². The van der Waals surface area contributed by atoms with E-state index < -0.39 is 0 Å². The molecule has 0 spiro atoms. The van der Waals surface area contributed by atoms with Gasteiger partial charge in [-0.15, -0.1) is 0 Å². The molecule has 17 heavy (non-hydrogen) atoms. The van der Waals surface area contributed by atoms with Crippen molar-refractivity contribution >= 4 is 21.7 Å². The van der Waals surface area contributed by atoms with Crippen LogP contribution in [-0.4, -0.2) is 10.8 Å². The van der Waals surface area contributed by atoms with E-state index in [1.165, 1.54) is 0 Å². The molecule has 1 heterocycles. The van der Waals surface area contributed by atoms with Crippen LogP contribution in [-0.2, 0) is 0 Å². The monoisotopic (exact) mass is 291 g/mol. The van der Waals surface area contributed by atoms with Gasteiger partial charge >= 0.3 is 0 Å². The molecule has 2 aromatic rings. The van der Waals surface area contributed by atoms with E-state index in [4.69, 9.17) is 0 Å². The van der Waals surface area contributed by atoms with Gasteiger partial charge in [0.15, 0.2) is 5.78 Å². The predicted octanol–water partition coefficient (Wildman–Crippen LogP) is 4.13. The normalized spacial score (nSPS) is 10.8. The summed E-state index contributed by atoms with van der Waals surface area (Å²) in [4.78, 5) is 15.3. The van der Waals surface area contributed by atoms with Crippen LogP contribution in [0.2, 0.25) is 0 Å². The number of H-pyrrole nitrogens is 1. The Labute approximate surface area is 109 Å². The summed E-state index contributed by atoms with van der Waals surface area (Å²) in [7, 11) is 0. The van der Waals surface area contributed by atoms with Crippen LogP contribution in [0.15, 0.2) is 41.1 Å². The third-order valence-corrected chi connectivity index (χ3v) is 3.28. The summed E-state index contributed by atoms with van der Waals surface area (Å²) < 4.78 is 0.979. The molecule has 0 radical (unpaired) electrons. The number of rotatable bonds is 3. The molecule has 0 aliphatic heterocycles. The number of carbonyl (C=O) groups is 1. The molecule has 0 bridgehead atoms. The van der Waals surface area contributed by atoms with Gasteiger partial charge < -0.3 is 4.98 Å². The lowest BCUT2D eigenvalue weighted by Crippen LogP contribution is -2.03. The summed E-state index contributed by atoms with van der Waals surface area (Å²) in [6.45, 7) is 4.17. The first kappa shape index (κ1) is 12.1. The van der Waals surface area contributed by atoms with Gasteiger partial charge in [-0.1, -0.05) is 29.8 Å². The molecule has 1 aromatic carbocycles. The van der Waals surface area contributed by atoms with Crippen LogP contribution in [0.5, 0.6) is 0 Å². The minimum absolute atomic E-state index is 0.0717. The first-order valence-electron chi connectivity index (χ1n) is 5.56. The fourth-order valence-corrected chi connectivity index (χ4v) is 2.07. The Kier molecular flexibility index (Phi) is 3.48. The zero-order valence-electron chi connectivity index (χ0n) is 9.83. The van der Waals surface area contributed by atoms with Gasteiger partial charge in [-0.3, -0.25) is 4.79 Å². The van der Waals surface area contributed by atoms with Gasteiger partial charge in [0.25, 0.3) is 0 Å². The molecule has 0 fully saturated rings. The van der Waals surface area contributed by atoms with Crippen LogP contribution < -0.4 is 0 Å². The van der Waals surface area contributed by atoms with E-state index in [1.807, 2.05) is 30.5 Å². The largest absolute Gasteiger partial charge is 0.367 e. The third kappa shape index (κ3) is 2.50. The van der Waals surface area contributed by atoms with E-state index in [9.17, 15) is 4.79 Å². The lowest BCUT2D eigenvalue weighted by molar-refractivity contribution is 0.103. The zero-order chi connectivity index (χ0) is 12.4. The molecule has 0 unspecified atom stereocenters. The number of ketones is 1. The number of halogens is 1. The standard InChI is InChI=1S/C14H14BrNO/c1-9(2)12-7-16-8-13(12)14(17)10-3-5-11(15)6-4-10/h3-9,16H,1-2H3. The first-order chi connectivity index (χ1) is 8.09. The summed E-state index contributed by atoms with van der Waals surface area (Å²) in [6.07, 6.45) is 3.68. The molecular formula is C14H14BrNO. The molecule has 3 heteroatoms. The van der Waals surface area contributed by atoms with Crippen LogP contribution in [0, 0.1) is 0 Å². The maximum atomic E-state index is 12.3. The summed E-state index contributed by atoms with van der Waals surface area (Å²) in [5.41, 5.74) is 2.55. The minimum Gasteiger partial charge on any atom is -0.367 e. The molecular weight excluding hydrogens is 278 g/mol. The molecule has 0 aliphatic rings. The van der Waals surface area contributed by atoms with E-state index in [0.29, 0.717) is 5.92 Å². The van der Waals surface area contributed by atoms with Gasteiger partial charge in [0, 0.05) is 28.0 Å². The molecule has 88 valence electrons. The molecule has 2 nitrogen and oxygen atoms in total. The Morgan fingerprint density at radius 2 is 1.82 bits per heavy atom. The van der Waals surface area contributed by atoms with Crippen molar-refractivity contribution in [2.24, 2.45) is 0 Å². The second-order valence-corrected chi connectivity index (χ2v) is 5.23. The second-order valence-electron chi connectivity index (χ2n) is 4.32. The van der Waals surface area contributed by atoms with Crippen molar-refractivity contribution in [2.45, 2.75) is 19.8 Å². The third-order valence-electron chi connectivity index (χ3n) is 2.75. The summed E-state index contributed by atoms with van der Waals surface area (Å²) >= 11 is 3.36. The van der Waals surface area contributed by atoms with E-state index in [2.05, 4.69) is 34.8 Å². The average molecular weight is 292 g/mol. The lowest BCUT2D eigenvalue weighted by Gasteiger charge is -2.06. The van der Waals surface area contributed by atoms with Gasteiger partial charge in [0.2, 0.25) is 0 Å². The van der Waals surface area contributed by atoms with Crippen molar-refractivity contribution in [1.82, 2.24) is 4.98 Å². The lowest BCUT2D eigenvalue weighted by atomic mass is 9.96. The van der Waals surface area contributed by atoms with Crippen molar-refractivity contribution < 1.29 is 4.79 Å². The van der Waals surface area contributed by atoms with Gasteiger partial charge in [0.05, 0.1) is 0 Å². The van der Waals surface area contributed by atoms with Crippen molar-refractivity contribution in [2.75, 3.05) is 0 Å². The number of nitrogens with one attached hydrogen (secondary N) is 1. The van der Waals surface area contributed by atoms with E-state index in [0.717, 1.165) is 21.2 Å². The van der Waals surface area contributed by atoms with Crippen molar-refractivity contribution in [3.63, 3.8) is 0 Å². The van der Waals surface area contributed by atoms with Crippen molar-refractivity contribution in [3.05, 3.63) is 57.8 Å². The molecule has 0 saturated heterocycles. The fraction of sp³-hybridized carbons (Fsp3) is 0.214. The quantitative estimate of drug-likeness (QED) is 0.848. The van der Waals surface area contributed by atoms with Gasteiger partial charge in [-0.05, 0) is 35.7 Å². The van der Waals surface area contributed by atoms with E-state index in [-0.39, 0.29) is 5.78 Å². The summed E-state index contributed by atoms with van der Waals surface area (Å²) in [6, 6.07) is 7.44. The maximum Gasteiger partial charge on any atom is 0.194 e. The number of carbonyl (C=O) groups excluding carboxylic acids is 1. The molecule has 1 N–H and O–H groups in total. The highest BCUT2D eigenvalue weighted by atomic mass is 79.9. The molecule has 0 saturated carbocycles. The zero-order valence-corrected chi connectivity index (χ0v) is 11.4. The van der Waals surface area contributed by atoms with Crippen LogP contribution in [0.25, 0.3) is 0 Å². The van der Waals surface area contributed by atoms with E-state index in [1.54, 1.807) is 6.20 Å². The second kappa shape index (κ2) is 4.88. The number of benzene rings is 1. The Morgan fingerprint density at radius 1 is 1.18 bits per heavy atom. The summed E-state index contributed by atoms with van der Waals surface area (Å²) in [5, 5.41) is 0. The Balaban J connectivity index is 2.37. The molecule has 0 aliphatic carbocycles. The molecule has 0 amide bonds. The van der Waals surface area contributed by atoms with Crippen molar-refractivity contribution in [3.8, 4) is 0 Å². The van der Waals surface area contributed by atoms with Crippen LogP contribution >= 0.6 is 15.9 Å². The highest BCUT2D eigenvalue weighted by molar-refractivity contribution is 9.10. The van der Waals surface area contributed by atoms with E-state index >= 15 is 0 Å². The van der Waals surface area contributed by atoms with Gasteiger partial charge in [-0.25, -0.2) is 0 Å². The Hall–Kier alpha value is -1.35. The van der Waals surface area contributed by atoms with Crippen LogP contribution in [0.3, 0.4) is 0 Å². The first-order valence-corrected chi connectivity index (χ1v) is 6.36. The fourth-order valence-electron chi connectivity index (χ4n) is 1.81. The number of hydrogen-bond donors (Lipinski definition) is 1. The average Bonchev–Trinajstić information content (AvgIpc) is 2.78. The van der Waals surface area contributed by atoms with Gasteiger partial charge in [-0.2, -0.15) is 0 Å². The Morgan fingerprint density at radius 3 is 2.41 bits per heavy atom. The number of aromatic amines is 1. The van der Waals surface area contributed by atoms with Gasteiger partial charge in [0.1, 0.15) is 0 Å². The smallest absolute Gasteiger partial charge is 0.194 e. The Bertz CT molecular complexity index is 525. The topological polar surface area (TPSA) is 32.9 Å². The minimum atomic E-state index is 0.0717. The highest BCUT2D eigenvalue weighted by Gasteiger charge is 2.16. The molecule has 0 atom stereocenters. The summed E-state index contributed by atoms with van der Waals surface area (Å²) in [5.74, 6) is 0.415. The number of hydrogen-bond acceptors (Lipinski definition) is 1. The van der Waals surface area contributed by atoms with Crippen LogP contribution in [0.4, 0.5) is 0 Å². The SMILES string of the molecule is CC(C)c1c[nH]cc1C(=O)c1ccc(Br)cc1. The predicted molar refractivity (Wildman–Crippen MR) is 72.5 cm³/mol.